The van der Waals surface area contributed by atoms with Crippen LogP contribution < -0.4 is 5.32 Å². The average Bonchev–Trinajstić information content (AvgIpc) is 3.19. The quantitative estimate of drug-likeness (QED) is 0.865. The van der Waals surface area contributed by atoms with Gasteiger partial charge < -0.3 is 15.0 Å². The summed E-state index contributed by atoms with van der Waals surface area (Å²) in [5, 5.41) is 3.72. The molecule has 0 aromatic heterocycles. The largest absolute Gasteiger partial charge is 0.444 e. The van der Waals surface area contributed by atoms with E-state index in [1.807, 2.05) is 37.4 Å². The Morgan fingerprint density at radius 2 is 2.05 bits per heavy atom. The fourth-order valence-electron chi connectivity index (χ4n) is 2.73. The van der Waals surface area contributed by atoms with Crippen LogP contribution in [-0.2, 0) is 4.74 Å². The first-order valence-corrected chi connectivity index (χ1v) is 9.32. The topological polar surface area (TPSA) is 41.6 Å². The molecule has 0 aromatic rings. The van der Waals surface area contributed by atoms with Crippen molar-refractivity contribution in [2.45, 2.75) is 69.3 Å². The smallest absolute Gasteiger partial charge is 0.410 e. The summed E-state index contributed by atoms with van der Waals surface area (Å²) in [6.07, 6.45) is 7.99. The number of ether oxygens (including phenoxy) is 1. The van der Waals surface area contributed by atoms with Crippen molar-refractivity contribution in [3.8, 4) is 0 Å². The predicted octanol–water partition coefficient (Wildman–Crippen LogP) is 3.26. The first kappa shape index (κ1) is 16.9. The van der Waals surface area contributed by atoms with E-state index in [2.05, 4.69) is 11.6 Å². The number of nitrogens with zero attached hydrogens (tertiary/aromatic N) is 1. The molecule has 1 N–H and O–H groups in total. The van der Waals surface area contributed by atoms with Crippen LogP contribution in [0.5, 0.6) is 0 Å². The SMILES string of the molecule is CSC1(CNC2CCCN(C(=O)OC(C)(C)C)CC2)CC1. The number of amides is 1. The molecule has 1 unspecified atom stereocenters. The van der Waals surface area contributed by atoms with Gasteiger partial charge in [0, 0.05) is 30.4 Å². The summed E-state index contributed by atoms with van der Waals surface area (Å²) >= 11 is 2.00. The van der Waals surface area contributed by atoms with Gasteiger partial charge in [-0.1, -0.05) is 0 Å². The Kier molecular flexibility index (Phi) is 5.47. The lowest BCUT2D eigenvalue weighted by Crippen LogP contribution is -2.39. The van der Waals surface area contributed by atoms with Crippen molar-refractivity contribution in [3.63, 3.8) is 0 Å². The fourth-order valence-corrected chi connectivity index (χ4v) is 3.47. The molecular formula is C16H30N2O2S. The zero-order chi connectivity index (χ0) is 15.5. The van der Waals surface area contributed by atoms with Gasteiger partial charge in [-0.3, -0.25) is 0 Å². The summed E-state index contributed by atoms with van der Waals surface area (Å²) in [4.78, 5) is 14.0. The Hall–Kier alpha value is -0.420. The minimum atomic E-state index is -0.405. The Balaban J connectivity index is 1.75. The van der Waals surface area contributed by atoms with E-state index in [0.29, 0.717) is 10.8 Å². The van der Waals surface area contributed by atoms with Crippen molar-refractivity contribution in [1.82, 2.24) is 10.2 Å². The van der Waals surface area contributed by atoms with Crippen LogP contribution in [0.3, 0.4) is 0 Å². The summed E-state index contributed by atoms with van der Waals surface area (Å²) < 4.78 is 5.98. The van der Waals surface area contributed by atoms with Crippen LogP contribution in [0.2, 0.25) is 0 Å². The highest BCUT2D eigenvalue weighted by atomic mass is 32.2. The first-order valence-electron chi connectivity index (χ1n) is 8.10. The summed E-state index contributed by atoms with van der Waals surface area (Å²) in [6, 6.07) is 0.544. The highest BCUT2D eigenvalue weighted by Gasteiger charge is 2.41. The molecular weight excluding hydrogens is 284 g/mol. The number of carbonyl (C=O) groups excluding carboxylic acids is 1. The lowest BCUT2D eigenvalue weighted by atomic mass is 10.1. The molecule has 2 fully saturated rings. The molecule has 122 valence electrons. The maximum atomic E-state index is 12.1. The van der Waals surface area contributed by atoms with Gasteiger partial charge in [0.1, 0.15) is 5.60 Å². The van der Waals surface area contributed by atoms with Crippen molar-refractivity contribution in [2.75, 3.05) is 25.9 Å². The fraction of sp³-hybridized carbons (Fsp3) is 0.938. The molecule has 1 atom stereocenters. The highest BCUT2D eigenvalue weighted by molar-refractivity contribution is 8.00. The molecule has 1 heterocycles. The summed E-state index contributed by atoms with van der Waals surface area (Å²) in [6.45, 7) is 8.50. The molecule has 0 spiro atoms. The molecule has 2 aliphatic rings. The van der Waals surface area contributed by atoms with Gasteiger partial charge in [0.2, 0.25) is 0 Å². The van der Waals surface area contributed by atoms with E-state index in [-0.39, 0.29) is 6.09 Å². The van der Waals surface area contributed by atoms with Crippen LogP contribution in [0.1, 0.15) is 52.9 Å². The number of carbonyl (C=O) groups is 1. The van der Waals surface area contributed by atoms with E-state index >= 15 is 0 Å². The minimum absolute atomic E-state index is 0.161. The molecule has 1 amide bonds. The van der Waals surface area contributed by atoms with E-state index in [4.69, 9.17) is 4.74 Å². The van der Waals surface area contributed by atoms with Gasteiger partial charge in [0.25, 0.3) is 0 Å². The molecule has 1 saturated carbocycles. The number of thioether (sulfide) groups is 1. The third kappa shape index (κ3) is 5.37. The molecule has 0 aromatic carbocycles. The Bertz CT molecular complexity index is 364. The maximum absolute atomic E-state index is 12.1. The van der Waals surface area contributed by atoms with Crippen molar-refractivity contribution in [3.05, 3.63) is 0 Å². The second kappa shape index (κ2) is 6.78. The van der Waals surface area contributed by atoms with Crippen LogP contribution in [-0.4, -0.2) is 53.3 Å². The average molecular weight is 314 g/mol. The lowest BCUT2D eigenvalue weighted by molar-refractivity contribution is 0.0256. The summed E-state index contributed by atoms with van der Waals surface area (Å²) in [5.74, 6) is 0. The zero-order valence-corrected chi connectivity index (χ0v) is 14.7. The van der Waals surface area contributed by atoms with Crippen molar-refractivity contribution in [2.24, 2.45) is 0 Å². The summed E-state index contributed by atoms with van der Waals surface area (Å²) in [7, 11) is 0. The molecule has 0 bridgehead atoms. The maximum Gasteiger partial charge on any atom is 0.410 e. The predicted molar refractivity (Wildman–Crippen MR) is 88.9 cm³/mol. The Labute approximate surface area is 133 Å². The Morgan fingerprint density at radius 3 is 2.62 bits per heavy atom. The van der Waals surface area contributed by atoms with E-state index in [0.717, 1.165) is 38.9 Å². The molecule has 21 heavy (non-hydrogen) atoms. The van der Waals surface area contributed by atoms with Crippen LogP contribution in [0.4, 0.5) is 4.79 Å². The molecule has 2 rings (SSSR count). The number of rotatable bonds is 4. The van der Waals surface area contributed by atoms with E-state index in [9.17, 15) is 4.79 Å². The second-order valence-electron chi connectivity index (χ2n) is 7.36. The number of hydrogen-bond acceptors (Lipinski definition) is 4. The molecule has 4 nitrogen and oxygen atoms in total. The second-order valence-corrected chi connectivity index (χ2v) is 8.64. The minimum Gasteiger partial charge on any atom is -0.444 e. The zero-order valence-electron chi connectivity index (χ0n) is 13.9. The standard InChI is InChI=1S/C16H30N2O2S/c1-15(2,3)20-14(19)18-10-5-6-13(7-11-18)17-12-16(21-4)8-9-16/h13,17H,5-12H2,1-4H3. The third-order valence-corrected chi connectivity index (χ3v) is 5.75. The highest BCUT2D eigenvalue weighted by Crippen LogP contribution is 2.46. The van der Waals surface area contributed by atoms with E-state index < -0.39 is 5.60 Å². The molecule has 0 radical (unpaired) electrons. The van der Waals surface area contributed by atoms with Gasteiger partial charge in [-0.25, -0.2) is 4.79 Å². The molecule has 1 saturated heterocycles. The number of hydrogen-bond donors (Lipinski definition) is 1. The molecule has 5 heteroatoms. The molecule has 1 aliphatic heterocycles. The van der Waals surface area contributed by atoms with Crippen molar-refractivity contribution in [1.29, 1.82) is 0 Å². The summed E-state index contributed by atoms with van der Waals surface area (Å²) in [5.41, 5.74) is -0.405. The normalized spacial score (nSPS) is 25.3. The van der Waals surface area contributed by atoms with Gasteiger partial charge >= 0.3 is 6.09 Å². The van der Waals surface area contributed by atoms with Gasteiger partial charge in [0.05, 0.1) is 0 Å². The van der Waals surface area contributed by atoms with Gasteiger partial charge in [-0.05, 0) is 59.1 Å². The first-order chi connectivity index (χ1) is 9.84. The van der Waals surface area contributed by atoms with Crippen molar-refractivity contribution < 1.29 is 9.53 Å². The van der Waals surface area contributed by atoms with E-state index in [1.54, 1.807) is 0 Å². The van der Waals surface area contributed by atoms with Gasteiger partial charge in [-0.15, -0.1) is 0 Å². The van der Waals surface area contributed by atoms with Crippen LogP contribution in [0.15, 0.2) is 0 Å². The number of nitrogens with one attached hydrogen (secondary N) is 1. The molecule has 1 aliphatic carbocycles. The van der Waals surface area contributed by atoms with Crippen LogP contribution in [0, 0.1) is 0 Å². The number of likely N-dealkylation sites (tertiary alicyclic amines) is 1. The van der Waals surface area contributed by atoms with E-state index in [1.165, 1.54) is 12.8 Å². The lowest BCUT2D eigenvalue weighted by Gasteiger charge is -2.26. The third-order valence-electron chi connectivity index (χ3n) is 4.33. The van der Waals surface area contributed by atoms with Crippen LogP contribution in [0.25, 0.3) is 0 Å². The monoisotopic (exact) mass is 314 g/mol. The van der Waals surface area contributed by atoms with Crippen molar-refractivity contribution >= 4 is 17.9 Å². The van der Waals surface area contributed by atoms with Gasteiger partial charge in [-0.2, -0.15) is 11.8 Å². The van der Waals surface area contributed by atoms with Crippen LogP contribution >= 0.6 is 11.8 Å². The van der Waals surface area contributed by atoms with Gasteiger partial charge in [0.15, 0.2) is 0 Å². The Morgan fingerprint density at radius 1 is 1.33 bits per heavy atom.